The SMILES string of the molecule is CC(c1cccc2c(Br)nc(Cl)cc12)C(F)F. The summed E-state index contributed by atoms with van der Waals surface area (Å²) in [6.07, 6.45) is -2.40. The predicted octanol–water partition coefficient (Wildman–Crippen LogP) is 5.02. The molecule has 0 aliphatic carbocycles. The molecule has 90 valence electrons. The van der Waals surface area contributed by atoms with Crippen LogP contribution in [0.3, 0.4) is 0 Å². The first-order valence-electron chi connectivity index (χ1n) is 5.03. The van der Waals surface area contributed by atoms with Crippen LogP contribution >= 0.6 is 27.5 Å². The highest BCUT2D eigenvalue weighted by molar-refractivity contribution is 9.10. The molecule has 0 N–H and O–H groups in total. The van der Waals surface area contributed by atoms with Gasteiger partial charge in [0.2, 0.25) is 6.43 Å². The summed E-state index contributed by atoms with van der Waals surface area (Å²) in [5.74, 6) is -0.830. The Balaban J connectivity index is 2.72. The third-order valence-corrected chi connectivity index (χ3v) is 3.50. The number of nitrogens with zero attached hydrogens (tertiary/aromatic N) is 1. The number of halogens is 4. The Morgan fingerprint density at radius 1 is 1.29 bits per heavy atom. The number of aromatic nitrogens is 1. The lowest BCUT2D eigenvalue weighted by molar-refractivity contribution is 0.121. The maximum absolute atomic E-state index is 12.8. The molecule has 0 aliphatic heterocycles. The van der Waals surface area contributed by atoms with Gasteiger partial charge >= 0.3 is 0 Å². The predicted molar refractivity (Wildman–Crippen MR) is 68.9 cm³/mol. The Bertz CT molecular complexity index is 559. The minimum atomic E-state index is -2.40. The lowest BCUT2D eigenvalue weighted by atomic mass is 9.96. The molecule has 0 aliphatic rings. The van der Waals surface area contributed by atoms with Gasteiger partial charge in [-0.3, -0.25) is 0 Å². The van der Waals surface area contributed by atoms with Crippen LogP contribution in [0.1, 0.15) is 18.4 Å². The first-order valence-corrected chi connectivity index (χ1v) is 6.20. The van der Waals surface area contributed by atoms with Gasteiger partial charge in [-0.15, -0.1) is 0 Å². The van der Waals surface area contributed by atoms with Crippen LogP contribution in [0.25, 0.3) is 10.8 Å². The molecule has 0 saturated carbocycles. The molecule has 1 atom stereocenters. The molecule has 1 unspecified atom stereocenters. The van der Waals surface area contributed by atoms with E-state index in [9.17, 15) is 8.78 Å². The molecule has 2 aromatic rings. The van der Waals surface area contributed by atoms with Gasteiger partial charge in [-0.25, -0.2) is 13.8 Å². The first kappa shape index (κ1) is 12.7. The van der Waals surface area contributed by atoms with Gasteiger partial charge in [-0.2, -0.15) is 0 Å². The summed E-state index contributed by atoms with van der Waals surface area (Å²) in [6.45, 7) is 1.50. The Morgan fingerprint density at radius 2 is 2.00 bits per heavy atom. The van der Waals surface area contributed by atoms with E-state index in [4.69, 9.17) is 11.6 Å². The van der Waals surface area contributed by atoms with Crippen LogP contribution in [-0.4, -0.2) is 11.4 Å². The molecule has 2 rings (SSSR count). The zero-order valence-electron chi connectivity index (χ0n) is 8.92. The monoisotopic (exact) mass is 319 g/mol. The summed E-state index contributed by atoms with van der Waals surface area (Å²) in [6, 6.07) is 6.89. The van der Waals surface area contributed by atoms with Crippen molar-refractivity contribution in [2.75, 3.05) is 0 Å². The van der Waals surface area contributed by atoms with E-state index in [0.717, 1.165) is 5.39 Å². The summed E-state index contributed by atoms with van der Waals surface area (Å²) in [5, 5.41) is 1.80. The summed E-state index contributed by atoms with van der Waals surface area (Å²) in [4.78, 5) is 4.04. The fraction of sp³-hybridized carbons (Fsp3) is 0.250. The molecule has 0 radical (unpaired) electrons. The van der Waals surface area contributed by atoms with Gasteiger partial charge in [0.15, 0.2) is 0 Å². The van der Waals surface area contributed by atoms with E-state index in [1.165, 1.54) is 6.92 Å². The lowest BCUT2D eigenvalue weighted by Crippen LogP contribution is -2.05. The Kier molecular flexibility index (Phi) is 3.64. The van der Waals surface area contributed by atoms with Crippen molar-refractivity contribution in [1.29, 1.82) is 0 Å². The second kappa shape index (κ2) is 4.86. The van der Waals surface area contributed by atoms with E-state index in [0.29, 0.717) is 20.7 Å². The second-order valence-electron chi connectivity index (χ2n) is 3.80. The van der Waals surface area contributed by atoms with Crippen LogP contribution < -0.4 is 0 Å². The molecule has 0 spiro atoms. The molecule has 1 nitrogen and oxygen atoms in total. The molecule has 0 saturated heterocycles. The minimum Gasteiger partial charge on any atom is -0.229 e. The topological polar surface area (TPSA) is 12.9 Å². The summed E-state index contributed by atoms with van der Waals surface area (Å²) in [5.41, 5.74) is 0.586. The molecule has 1 aromatic carbocycles. The van der Waals surface area contributed by atoms with Crippen LogP contribution in [0.5, 0.6) is 0 Å². The molecule has 1 heterocycles. The highest BCUT2D eigenvalue weighted by Crippen LogP contribution is 2.33. The average Bonchev–Trinajstić information content (AvgIpc) is 2.27. The Hall–Kier alpha value is -0.740. The first-order chi connectivity index (χ1) is 8.00. The third kappa shape index (κ3) is 2.43. The highest BCUT2D eigenvalue weighted by Gasteiger charge is 2.19. The van der Waals surface area contributed by atoms with Gasteiger partial charge in [0.05, 0.1) is 0 Å². The average molecular weight is 321 g/mol. The van der Waals surface area contributed by atoms with E-state index in [1.54, 1.807) is 18.2 Å². The smallest absolute Gasteiger partial charge is 0.229 e. The quantitative estimate of drug-likeness (QED) is 0.708. The molecular weight excluding hydrogens is 311 g/mol. The van der Waals surface area contributed by atoms with E-state index in [1.807, 2.05) is 6.07 Å². The summed E-state index contributed by atoms with van der Waals surface area (Å²) < 4.78 is 26.1. The molecule has 0 amide bonds. The molecule has 17 heavy (non-hydrogen) atoms. The van der Waals surface area contributed by atoms with E-state index < -0.39 is 12.3 Å². The van der Waals surface area contributed by atoms with Crippen molar-refractivity contribution in [2.24, 2.45) is 0 Å². The van der Waals surface area contributed by atoms with Crippen molar-refractivity contribution in [2.45, 2.75) is 19.3 Å². The second-order valence-corrected chi connectivity index (χ2v) is 4.94. The van der Waals surface area contributed by atoms with Gasteiger partial charge in [0.25, 0.3) is 0 Å². The minimum absolute atomic E-state index is 0.290. The molecule has 0 fully saturated rings. The number of rotatable bonds is 2. The Labute approximate surface area is 111 Å². The van der Waals surface area contributed by atoms with Gasteiger partial charge in [-0.05, 0) is 32.9 Å². The van der Waals surface area contributed by atoms with Crippen molar-refractivity contribution in [3.63, 3.8) is 0 Å². The van der Waals surface area contributed by atoms with E-state index in [-0.39, 0.29) is 0 Å². The third-order valence-electron chi connectivity index (χ3n) is 2.70. The fourth-order valence-electron chi connectivity index (χ4n) is 1.76. The van der Waals surface area contributed by atoms with Crippen LogP contribution in [0, 0.1) is 0 Å². The maximum atomic E-state index is 12.8. The molecule has 1 aromatic heterocycles. The Morgan fingerprint density at radius 3 is 2.65 bits per heavy atom. The van der Waals surface area contributed by atoms with Crippen LogP contribution in [0.4, 0.5) is 8.78 Å². The van der Waals surface area contributed by atoms with Crippen molar-refractivity contribution in [3.8, 4) is 0 Å². The summed E-state index contributed by atoms with van der Waals surface area (Å²) >= 11 is 9.14. The van der Waals surface area contributed by atoms with Gasteiger partial charge in [-0.1, -0.05) is 36.7 Å². The maximum Gasteiger partial charge on any atom is 0.245 e. The number of hydrogen-bond acceptors (Lipinski definition) is 1. The fourth-order valence-corrected chi connectivity index (χ4v) is 2.59. The van der Waals surface area contributed by atoms with Crippen molar-refractivity contribution in [1.82, 2.24) is 4.98 Å². The standard InChI is InChI=1S/C12H9BrClF2N/c1-6(12(15)16)7-3-2-4-8-9(7)5-10(14)17-11(8)13/h2-6,12H,1H3. The highest BCUT2D eigenvalue weighted by atomic mass is 79.9. The van der Waals surface area contributed by atoms with Crippen LogP contribution in [0.2, 0.25) is 5.15 Å². The van der Waals surface area contributed by atoms with Gasteiger partial charge in [0.1, 0.15) is 9.76 Å². The number of alkyl halides is 2. The van der Waals surface area contributed by atoms with Crippen molar-refractivity contribution < 1.29 is 8.78 Å². The lowest BCUT2D eigenvalue weighted by Gasteiger charge is -2.14. The molecule has 5 heteroatoms. The normalized spacial score (nSPS) is 13.3. The number of fused-ring (bicyclic) bond motifs is 1. The van der Waals surface area contributed by atoms with Crippen LogP contribution in [0.15, 0.2) is 28.9 Å². The molecule has 0 bridgehead atoms. The number of hydrogen-bond donors (Lipinski definition) is 0. The molecular formula is C12H9BrClF2N. The van der Waals surface area contributed by atoms with Crippen molar-refractivity contribution in [3.05, 3.63) is 39.6 Å². The van der Waals surface area contributed by atoms with Crippen molar-refractivity contribution >= 4 is 38.3 Å². The largest absolute Gasteiger partial charge is 0.245 e. The van der Waals surface area contributed by atoms with Crippen LogP contribution in [-0.2, 0) is 0 Å². The van der Waals surface area contributed by atoms with E-state index >= 15 is 0 Å². The summed E-state index contributed by atoms with van der Waals surface area (Å²) in [7, 11) is 0. The van der Waals surface area contributed by atoms with E-state index in [2.05, 4.69) is 20.9 Å². The number of pyridine rings is 1. The van der Waals surface area contributed by atoms with Gasteiger partial charge in [0, 0.05) is 11.3 Å². The van der Waals surface area contributed by atoms with Gasteiger partial charge < -0.3 is 0 Å². The zero-order valence-corrected chi connectivity index (χ0v) is 11.3. The zero-order chi connectivity index (χ0) is 12.6. The number of benzene rings is 1.